The summed E-state index contributed by atoms with van der Waals surface area (Å²) in [5.74, 6) is 0.282. The molecule has 0 atom stereocenters. The number of hydrogen-bond donors (Lipinski definition) is 0. The Morgan fingerprint density at radius 3 is 2.73 bits per heavy atom. The number of hydrogen-bond acceptors (Lipinski definition) is 3. The van der Waals surface area contributed by atoms with Gasteiger partial charge in [0.1, 0.15) is 12.3 Å². The lowest BCUT2D eigenvalue weighted by molar-refractivity contribution is -0.135. The van der Waals surface area contributed by atoms with Gasteiger partial charge in [-0.2, -0.15) is 5.10 Å². The zero-order valence-electron chi connectivity index (χ0n) is 8.43. The van der Waals surface area contributed by atoms with E-state index in [1.54, 1.807) is 28.0 Å². The second-order valence-electron chi connectivity index (χ2n) is 3.62. The van der Waals surface area contributed by atoms with E-state index in [-0.39, 0.29) is 18.2 Å². The monoisotopic (exact) mass is 207 g/mol. The second-order valence-corrected chi connectivity index (χ2v) is 3.62. The molecule has 0 unspecified atom stereocenters. The maximum Gasteiger partial charge on any atom is 0.244 e. The molecule has 1 aliphatic rings. The molecule has 0 aliphatic carbocycles. The third-order valence-corrected chi connectivity index (χ3v) is 2.53. The van der Waals surface area contributed by atoms with Crippen LogP contribution >= 0.6 is 0 Å². The van der Waals surface area contributed by atoms with Gasteiger partial charge in [0.25, 0.3) is 0 Å². The number of nitrogens with zero attached hydrogens (tertiary/aromatic N) is 3. The van der Waals surface area contributed by atoms with Gasteiger partial charge in [0, 0.05) is 38.3 Å². The van der Waals surface area contributed by atoms with Crippen molar-refractivity contribution < 1.29 is 9.59 Å². The molecule has 1 amide bonds. The Labute approximate surface area is 87.7 Å². The van der Waals surface area contributed by atoms with Crippen molar-refractivity contribution in [3.05, 3.63) is 18.5 Å². The molecule has 1 aliphatic heterocycles. The van der Waals surface area contributed by atoms with Crippen LogP contribution in [0.4, 0.5) is 0 Å². The normalized spacial score (nSPS) is 16.8. The Kier molecular flexibility index (Phi) is 2.80. The Morgan fingerprint density at radius 1 is 1.40 bits per heavy atom. The summed E-state index contributed by atoms with van der Waals surface area (Å²) in [6, 6.07) is 1.78. The summed E-state index contributed by atoms with van der Waals surface area (Å²) >= 11 is 0. The fraction of sp³-hybridized carbons (Fsp3) is 0.500. The summed E-state index contributed by atoms with van der Waals surface area (Å²) in [5.41, 5.74) is 0. The van der Waals surface area contributed by atoms with Crippen LogP contribution in [0, 0.1) is 0 Å². The number of rotatable bonds is 2. The van der Waals surface area contributed by atoms with Gasteiger partial charge in [-0.05, 0) is 6.07 Å². The van der Waals surface area contributed by atoms with Crippen molar-refractivity contribution in [1.29, 1.82) is 0 Å². The first-order valence-corrected chi connectivity index (χ1v) is 5.02. The topological polar surface area (TPSA) is 55.2 Å². The van der Waals surface area contributed by atoms with Gasteiger partial charge < -0.3 is 4.90 Å². The first-order valence-electron chi connectivity index (χ1n) is 5.02. The van der Waals surface area contributed by atoms with Gasteiger partial charge in [0.05, 0.1) is 0 Å². The van der Waals surface area contributed by atoms with Crippen molar-refractivity contribution in [3.63, 3.8) is 0 Å². The molecular weight excluding hydrogens is 194 g/mol. The molecule has 5 nitrogen and oxygen atoms in total. The van der Waals surface area contributed by atoms with E-state index in [0.29, 0.717) is 25.9 Å². The van der Waals surface area contributed by atoms with Gasteiger partial charge in [0.15, 0.2) is 0 Å². The number of Topliss-reactive ketones (excluding diaryl/α,β-unsaturated/α-hetero) is 1. The molecule has 1 fully saturated rings. The highest BCUT2D eigenvalue weighted by Gasteiger charge is 2.20. The number of ketones is 1. The highest BCUT2D eigenvalue weighted by atomic mass is 16.2. The SMILES string of the molecule is O=C1CCN(C(=O)Cn2cccn2)CC1. The minimum absolute atomic E-state index is 0.0335. The fourth-order valence-corrected chi connectivity index (χ4v) is 1.64. The van der Waals surface area contributed by atoms with Gasteiger partial charge in [-0.3, -0.25) is 14.3 Å². The van der Waals surface area contributed by atoms with Crippen LogP contribution in [-0.4, -0.2) is 39.5 Å². The van der Waals surface area contributed by atoms with E-state index < -0.39 is 0 Å². The number of amides is 1. The van der Waals surface area contributed by atoms with Crippen LogP contribution in [0.3, 0.4) is 0 Å². The van der Waals surface area contributed by atoms with Crippen molar-refractivity contribution in [2.45, 2.75) is 19.4 Å². The third kappa shape index (κ3) is 2.43. The summed E-state index contributed by atoms with van der Waals surface area (Å²) in [6.07, 6.45) is 4.38. The van der Waals surface area contributed by atoms with E-state index in [1.807, 2.05) is 0 Å². The van der Waals surface area contributed by atoms with Crippen LogP contribution < -0.4 is 0 Å². The van der Waals surface area contributed by atoms with Gasteiger partial charge in [-0.1, -0.05) is 0 Å². The smallest absolute Gasteiger partial charge is 0.244 e. The van der Waals surface area contributed by atoms with Crippen LogP contribution in [0.5, 0.6) is 0 Å². The van der Waals surface area contributed by atoms with Crippen molar-refractivity contribution in [1.82, 2.24) is 14.7 Å². The van der Waals surface area contributed by atoms with E-state index in [9.17, 15) is 9.59 Å². The lowest BCUT2D eigenvalue weighted by atomic mass is 10.1. The molecule has 5 heteroatoms. The predicted octanol–water partition coefficient (Wildman–Crippen LogP) is 0.0746. The molecule has 0 spiro atoms. The number of likely N-dealkylation sites (tertiary alicyclic amines) is 1. The van der Waals surface area contributed by atoms with Gasteiger partial charge in [0.2, 0.25) is 5.91 Å². The average Bonchev–Trinajstić information content (AvgIpc) is 2.71. The van der Waals surface area contributed by atoms with E-state index in [2.05, 4.69) is 5.10 Å². The van der Waals surface area contributed by atoms with Crippen molar-refractivity contribution >= 4 is 11.7 Å². The Balaban J connectivity index is 1.89. The quantitative estimate of drug-likeness (QED) is 0.689. The first kappa shape index (κ1) is 9.89. The summed E-state index contributed by atoms with van der Waals surface area (Å²) in [5, 5.41) is 3.97. The highest BCUT2D eigenvalue weighted by Crippen LogP contribution is 2.06. The maximum absolute atomic E-state index is 11.7. The van der Waals surface area contributed by atoms with E-state index >= 15 is 0 Å². The zero-order valence-corrected chi connectivity index (χ0v) is 8.43. The molecule has 0 aromatic carbocycles. The summed E-state index contributed by atoms with van der Waals surface area (Å²) in [4.78, 5) is 24.4. The number of carbonyl (C=O) groups is 2. The second kappa shape index (κ2) is 4.25. The van der Waals surface area contributed by atoms with Crippen LogP contribution in [0.25, 0.3) is 0 Å². The summed E-state index contributed by atoms with van der Waals surface area (Å²) in [6.45, 7) is 1.37. The lowest BCUT2D eigenvalue weighted by Crippen LogP contribution is -2.40. The summed E-state index contributed by atoms with van der Waals surface area (Å²) < 4.78 is 1.60. The van der Waals surface area contributed by atoms with Crippen LogP contribution in [0.15, 0.2) is 18.5 Å². The molecule has 80 valence electrons. The lowest BCUT2D eigenvalue weighted by Gasteiger charge is -2.25. The number of piperidine rings is 1. The molecule has 2 heterocycles. The van der Waals surface area contributed by atoms with Gasteiger partial charge >= 0.3 is 0 Å². The molecule has 0 radical (unpaired) electrons. The van der Waals surface area contributed by atoms with Gasteiger partial charge in [-0.25, -0.2) is 0 Å². The van der Waals surface area contributed by atoms with E-state index in [4.69, 9.17) is 0 Å². The molecule has 0 saturated carbocycles. The molecule has 0 bridgehead atoms. The number of aromatic nitrogens is 2. The third-order valence-electron chi connectivity index (χ3n) is 2.53. The average molecular weight is 207 g/mol. The van der Waals surface area contributed by atoms with E-state index in [0.717, 1.165) is 0 Å². The van der Waals surface area contributed by atoms with Crippen LogP contribution in [0.1, 0.15) is 12.8 Å². The molecule has 1 aromatic heterocycles. The molecule has 1 aromatic rings. The first-order chi connectivity index (χ1) is 7.25. The van der Waals surface area contributed by atoms with E-state index in [1.165, 1.54) is 0 Å². The summed E-state index contributed by atoms with van der Waals surface area (Å²) in [7, 11) is 0. The van der Waals surface area contributed by atoms with Crippen molar-refractivity contribution in [2.24, 2.45) is 0 Å². The number of carbonyl (C=O) groups excluding carboxylic acids is 2. The molecule has 15 heavy (non-hydrogen) atoms. The fourth-order valence-electron chi connectivity index (χ4n) is 1.64. The van der Waals surface area contributed by atoms with Crippen LogP contribution in [0.2, 0.25) is 0 Å². The van der Waals surface area contributed by atoms with Crippen LogP contribution in [-0.2, 0) is 16.1 Å². The zero-order chi connectivity index (χ0) is 10.7. The predicted molar refractivity (Wildman–Crippen MR) is 53.0 cm³/mol. The van der Waals surface area contributed by atoms with Crippen molar-refractivity contribution in [2.75, 3.05) is 13.1 Å². The van der Waals surface area contributed by atoms with Gasteiger partial charge in [-0.15, -0.1) is 0 Å². The minimum Gasteiger partial charge on any atom is -0.340 e. The molecule has 2 rings (SSSR count). The molecule has 1 saturated heterocycles. The standard InChI is InChI=1S/C10H13N3O2/c14-9-2-6-12(7-3-9)10(15)8-13-5-1-4-11-13/h1,4-5H,2-3,6-8H2. The maximum atomic E-state index is 11.7. The Bertz CT molecular complexity index is 349. The van der Waals surface area contributed by atoms with Crippen molar-refractivity contribution in [3.8, 4) is 0 Å². The minimum atomic E-state index is 0.0335. The Morgan fingerprint density at radius 2 is 2.13 bits per heavy atom. The highest BCUT2D eigenvalue weighted by molar-refractivity contribution is 5.83. The molecular formula is C10H13N3O2. The largest absolute Gasteiger partial charge is 0.340 e. The Hall–Kier alpha value is -1.65. The molecule has 0 N–H and O–H groups in total.